The third-order valence-electron chi connectivity index (χ3n) is 1.72. The summed E-state index contributed by atoms with van der Waals surface area (Å²) in [5, 5.41) is 0. The van der Waals surface area contributed by atoms with Crippen LogP contribution in [0.1, 0.15) is 27.7 Å². The number of alkyl halides is 2. The van der Waals surface area contributed by atoms with Gasteiger partial charge in [-0.15, -0.1) is 0 Å². The highest BCUT2D eigenvalue weighted by atomic mass is 79.9. The normalized spacial score (nSPS) is 17.6. The van der Waals surface area contributed by atoms with Gasteiger partial charge in [0, 0.05) is 5.41 Å². The second-order valence-electron chi connectivity index (χ2n) is 4.00. The number of rotatable bonds is 3. The van der Waals surface area contributed by atoms with Gasteiger partial charge < -0.3 is 0 Å². The molecule has 0 radical (unpaired) electrons. The van der Waals surface area contributed by atoms with E-state index in [2.05, 4.69) is 15.9 Å². The zero-order chi connectivity index (χ0) is 11.8. The highest BCUT2D eigenvalue weighted by Gasteiger charge is 2.49. The molecule has 14 heavy (non-hydrogen) atoms. The molecule has 3 nitrogen and oxygen atoms in total. The molecule has 0 aliphatic carbocycles. The van der Waals surface area contributed by atoms with E-state index in [4.69, 9.17) is 11.6 Å². The summed E-state index contributed by atoms with van der Waals surface area (Å²) in [5.41, 5.74) is -0.798. The molecule has 0 spiro atoms. The van der Waals surface area contributed by atoms with Crippen LogP contribution in [-0.2, 0) is 14.6 Å². The lowest BCUT2D eigenvalue weighted by Crippen LogP contribution is -2.43. The van der Waals surface area contributed by atoms with Crippen LogP contribution in [0.25, 0.3) is 0 Å². The van der Waals surface area contributed by atoms with Crippen LogP contribution in [-0.4, -0.2) is 23.1 Å². The van der Waals surface area contributed by atoms with Gasteiger partial charge in [-0.25, -0.2) is 8.42 Å². The lowest BCUT2D eigenvalue weighted by Gasteiger charge is -2.26. The van der Waals surface area contributed by atoms with E-state index in [0.717, 1.165) is 0 Å². The molecule has 0 aliphatic heterocycles. The number of ketones is 1. The number of hydrogen-bond acceptors (Lipinski definition) is 3. The summed E-state index contributed by atoms with van der Waals surface area (Å²) < 4.78 is 21.0. The molecule has 0 aromatic heterocycles. The van der Waals surface area contributed by atoms with Crippen molar-refractivity contribution in [2.24, 2.45) is 5.41 Å². The molecule has 0 fully saturated rings. The predicted octanol–water partition coefficient (Wildman–Crippen LogP) is 2.32. The molecule has 0 aromatic carbocycles. The summed E-state index contributed by atoms with van der Waals surface area (Å²) in [7, 11) is -3.65. The van der Waals surface area contributed by atoms with Crippen molar-refractivity contribution in [2.45, 2.75) is 30.8 Å². The maximum Gasteiger partial charge on any atom is 0.257 e. The van der Waals surface area contributed by atoms with Crippen molar-refractivity contribution in [3.8, 4) is 0 Å². The lowest BCUT2D eigenvalue weighted by molar-refractivity contribution is -0.125. The van der Waals surface area contributed by atoms with E-state index in [1.165, 1.54) is 6.92 Å². The Morgan fingerprint density at radius 3 is 1.93 bits per heavy atom. The summed E-state index contributed by atoms with van der Waals surface area (Å²) in [6, 6.07) is 0. The van der Waals surface area contributed by atoms with Crippen LogP contribution in [0.2, 0.25) is 0 Å². The Labute approximate surface area is 98.3 Å². The smallest absolute Gasteiger partial charge is 0.257 e. The lowest BCUT2D eigenvalue weighted by atomic mass is 9.92. The first-order valence-electron chi connectivity index (χ1n) is 4.12. The van der Waals surface area contributed by atoms with Crippen molar-refractivity contribution >= 4 is 43.2 Å². The van der Waals surface area contributed by atoms with E-state index in [9.17, 15) is 13.2 Å². The van der Waals surface area contributed by atoms with E-state index in [0.29, 0.717) is 0 Å². The first-order valence-corrected chi connectivity index (χ1v) is 6.94. The monoisotopic (exact) mass is 304 g/mol. The molecule has 0 rings (SSSR count). The maximum absolute atomic E-state index is 11.7. The second-order valence-corrected chi connectivity index (χ2v) is 9.38. The van der Waals surface area contributed by atoms with E-state index in [1.807, 2.05) is 0 Å². The number of halogens is 2. The summed E-state index contributed by atoms with van der Waals surface area (Å²) in [4.78, 5) is 11.7. The standard InChI is InChI=1S/C8H14BrClO3S/c1-5-14(12,13)8(9,10)6(11)7(2,3)4/h5H2,1-4H3. The first kappa shape index (κ1) is 14.4. The molecule has 0 amide bonds. The largest absolute Gasteiger partial charge is 0.295 e. The van der Waals surface area contributed by atoms with Gasteiger partial charge in [-0.2, -0.15) is 0 Å². The predicted molar refractivity (Wildman–Crippen MR) is 61.4 cm³/mol. The zero-order valence-corrected chi connectivity index (χ0v) is 11.8. The van der Waals surface area contributed by atoms with Crippen LogP contribution >= 0.6 is 27.5 Å². The minimum atomic E-state index is -3.65. The van der Waals surface area contributed by atoms with Crippen LogP contribution in [0.3, 0.4) is 0 Å². The fourth-order valence-electron chi connectivity index (χ4n) is 0.759. The summed E-state index contributed by atoms with van der Waals surface area (Å²) in [5.74, 6) is -0.725. The van der Waals surface area contributed by atoms with Gasteiger partial charge in [0.25, 0.3) is 3.12 Å². The van der Waals surface area contributed by atoms with Crippen molar-refractivity contribution in [3.63, 3.8) is 0 Å². The van der Waals surface area contributed by atoms with Crippen LogP contribution < -0.4 is 0 Å². The number of hydrogen-bond donors (Lipinski definition) is 0. The topological polar surface area (TPSA) is 51.2 Å². The van der Waals surface area contributed by atoms with Crippen molar-refractivity contribution in [1.82, 2.24) is 0 Å². The molecule has 0 aliphatic rings. The van der Waals surface area contributed by atoms with Gasteiger partial charge in [0.05, 0.1) is 5.75 Å². The number of sulfone groups is 1. The fourth-order valence-corrected chi connectivity index (χ4v) is 3.60. The quantitative estimate of drug-likeness (QED) is 0.752. The van der Waals surface area contributed by atoms with Crippen LogP contribution in [0.4, 0.5) is 0 Å². The summed E-state index contributed by atoms with van der Waals surface area (Å²) >= 11 is 8.54. The molecule has 6 heteroatoms. The third kappa shape index (κ3) is 2.70. The number of carbonyl (C=O) groups is 1. The Balaban J connectivity index is 5.30. The minimum Gasteiger partial charge on any atom is -0.295 e. The van der Waals surface area contributed by atoms with Crippen molar-refractivity contribution < 1.29 is 13.2 Å². The highest BCUT2D eigenvalue weighted by molar-refractivity contribution is 9.12. The Bertz CT molecular complexity index is 327. The zero-order valence-electron chi connectivity index (χ0n) is 8.60. The van der Waals surface area contributed by atoms with Crippen LogP contribution in [0, 0.1) is 5.41 Å². The first-order chi connectivity index (χ1) is 5.97. The van der Waals surface area contributed by atoms with Gasteiger partial charge in [0.15, 0.2) is 15.6 Å². The average molecular weight is 306 g/mol. The van der Waals surface area contributed by atoms with E-state index in [1.54, 1.807) is 20.8 Å². The van der Waals surface area contributed by atoms with Gasteiger partial charge >= 0.3 is 0 Å². The highest BCUT2D eigenvalue weighted by Crippen LogP contribution is 2.38. The van der Waals surface area contributed by atoms with Crippen molar-refractivity contribution in [3.05, 3.63) is 0 Å². The molecule has 0 saturated carbocycles. The Morgan fingerprint density at radius 1 is 1.36 bits per heavy atom. The molecular weight excluding hydrogens is 292 g/mol. The molecule has 1 atom stereocenters. The molecule has 0 aromatic rings. The minimum absolute atomic E-state index is 0.177. The Morgan fingerprint density at radius 2 is 1.71 bits per heavy atom. The van der Waals surface area contributed by atoms with Gasteiger partial charge in [-0.05, 0) is 15.9 Å². The second kappa shape index (κ2) is 4.10. The van der Waals surface area contributed by atoms with Crippen LogP contribution in [0.5, 0.6) is 0 Å². The van der Waals surface area contributed by atoms with E-state index >= 15 is 0 Å². The molecular formula is C8H14BrClO3S. The van der Waals surface area contributed by atoms with E-state index in [-0.39, 0.29) is 5.75 Å². The Hall–Kier alpha value is 0.390. The summed E-state index contributed by atoms with van der Waals surface area (Å²) in [6.45, 7) is 6.32. The van der Waals surface area contributed by atoms with Gasteiger partial charge in [0.1, 0.15) is 0 Å². The number of carbonyl (C=O) groups excluding carboxylic acids is 1. The molecule has 0 heterocycles. The number of Topliss-reactive ketones (excluding diaryl/α,β-unsaturated/α-hetero) is 1. The average Bonchev–Trinajstić information content (AvgIpc) is 2.01. The maximum atomic E-state index is 11.7. The molecule has 0 N–H and O–H groups in total. The van der Waals surface area contributed by atoms with Gasteiger partial charge in [0.2, 0.25) is 0 Å². The fraction of sp³-hybridized carbons (Fsp3) is 0.875. The molecule has 0 bridgehead atoms. The molecule has 0 saturated heterocycles. The van der Waals surface area contributed by atoms with Gasteiger partial charge in [-0.1, -0.05) is 39.3 Å². The summed E-state index contributed by atoms with van der Waals surface area (Å²) in [6.07, 6.45) is 0. The third-order valence-corrected chi connectivity index (χ3v) is 6.16. The van der Waals surface area contributed by atoms with Crippen molar-refractivity contribution in [1.29, 1.82) is 0 Å². The molecule has 1 unspecified atom stereocenters. The Kier molecular flexibility index (Phi) is 4.21. The van der Waals surface area contributed by atoms with Gasteiger partial charge in [-0.3, -0.25) is 4.79 Å². The van der Waals surface area contributed by atoms with Crippen molar-refractivity contribution in [2.75, 3.05) is 5.75 Å². The molecule has 84 valence electrons. The van der Waals surface area contributed by atoms with E-state index < -0.39 is 24.2 Å². The van der Waals surface area contributed by atoms with Crippen LogP contribution in [0.15, 0.2) is 0 Å². The SMILES string of the molecule is CCS(=O)(=O)C(Cl)(Br)C(=O)C(C)(C)C.